The smallest absolute Gasteiger partial charge is 0.338 e. The van der Waals surface area contributed by atoms with Crippen LogP contribution in [0.25, 0.3) is 0 Å². The zero-order valence-corrected chi connectivity index (χ0v) is 12.3. The van der Waals surface area contributed by atoms with E-state index in [1.807, 2.05) is 31.2 Å². The first-order valence-corrected chi connectivity index (χ1v) is 7.24. The summed E-state index contributed by atoms with van der Waals surface area (Å²) in [6.07, 6.45) is 2.88. The summed E-state index contributed by atoms with van der Waals surface area (Å²) in [6, 6.07) is 15.6. The molecule has 2 aromatic carbocycles. The Kier molecular flexibility index (Phi) is 5.38. The van der Waals surface area contributed by atoms with Gasteiger partial charge in [-0.3, -0.25) is 0 Å². The van der Waals surface area contributed by atoms with Gasteiger partial charge in [0.25, 0.3) is 0 Å². The van der Waals surface area contributed by atoms with Crippen molar-refractivity contribution in [2.45, 2.75) is 26.2 Å². The minimum atomic E-state index is -0.304. The quantitative estimate of drug-likeness (QED) is 0.499. The molecule has 0 amide bonds. The standard InChI is InChI=1S/C18H21NO2/c1-14-10-11-16(13-17(14)19)18(20)21-12-6-5-9-15-7-3-2-4-8-15/h2-4,7-8,10-11,13H,5-6,9,12,19H2,1H3. The van der Waals surface area contributed by atoms with Crippen LogP contribution in [0.4, 0.5) is 5.69 Å². The first-order chi connectivity index (χ1) is 10.2. The molecule has 0 bridgehead atoms. The van der Waals surface area contributed by atoms with E-state index in [-0.39, 0.29) is 5.97 Å². The number of nitrogens with two attached hydrogens (primary N) is 1. The van der Waals surface area contributed by atoms with Crippen LogP contribution in [-0.2, 0) is 11.2 Å². The molecule has 0 heterocycles. The Balaban J connectivity index is 1.71. The van der Waals surface area contributed by atoms with Crippen molar-refractivity contribution >= 4 is 11.7 Å². The van der Waals surface area contributed by atoms with Crippen LogP contribution in [-0.4, -0.2) is 12.6 Å². The number of hydrogen-bond acceptors (Lipinski definition) is 3. The Labute approximate surface area is 125 Å². The van der Waals surface area contributed by atoms with Gasteiger partial charge in [-0.1, -0.05) is 36.4 Å². The third-order valence-electron chi connectivity index (χ3n) is 3.45. The summed E-state index contributed by atoms with van der Waals surface area (Å²) in [5, 5.41) is 0. The van der Waals surface area contributed by atoms with E-state index < -0.39 is 0 Å². The van der Waals surface area contributed by atoms with E-state index >= 15 is 0 Å². The van der Waals surface area contributed by atoms with Gasteiger partial charge in [-0.15, -0.1) is 0 Å². The normalized spacial score (nSPS) is 10.3. The summed E-state index contributed by atoms with van der Waals surface area (Å²) in [7, 11) is 0. The van der Waals surface area contributed by atoms with Gasteiger partial charge in [-0.05, 0) is 49.4 Å². The van der Waals surface area contributed by atoms with Crippen molar-refractivity contribution in [2.24, 2.45) is 0 Å². The van der Waals surface area contributed by atoms with E-state index in [1.54, 1.807) is 12.1 Å². The Morgan fingerprint density at radius 3 is 2.57 bits per heavy atom. The third-order valence-corrected chi connectivity index (χ3v) is 3.45. The number of anilines is 1. The number of carbonyl (C=O) groups is 1. The highest BCUT2D eigenvalue weighted by Crippen LogP contribution is 2.14. The minimum absolute atomic E-state index is 0.304. The van der Waals surface area contributed by atoms with Crippen LogP contribution in [0.1, 0.15) is 34.3 Å². The third kappa shape index (κ3) is 4.63. The van der Waals surface area contributed by atoms with Gasteiger partial charge in [-0.25, -0.2) is 4.79 Å². The molecule has 2 N–H and O–H groups in total. The van der Waals surface area contributed by atoms with E-state index in [0.29, 0.717) is 17.9 Å². The van der Waals surface area contributed by atoms with Gasteiger partial charge in [-0.2, -0.15) is 0 Å². The molecule has 3 nitrogen and oxygen atoms in total. The molecule has 2 aromatic rings. The zero-order valence-electron chi connectivity index (χ0n) is 12.3. The molecule has 21 heavy (non-hydrogen) atoms. The van der Waals surface area contributed by atoms with Crippen LogP contribution < -0.4 is 5.73 Å². The number of hydrogen-bond donors (Lipinski definition) is 1. The summed E-state index contributed by atoms with van der Waals surface area (Å²) < 4.78 is 5.27. The monoisotopic (exact) mass is 283 g/mol. The van der Waals surface area contributed by atoms with E-state index in [0.717, 1.165) is 24.8 Å². The van der Waals surface area contributed by atoms with Gasteiger partial charge < -0.3 is 10.5 Å². The average molecular weight is 283 g/mol. The Hall–Kier alpha value is -2.29. The predicted octanol–water partition coefficient (Wildman–Crippen LogP) is 3.76. The summed E-state index contributed by atoms with van der Waals surface area (Å²) in [5.74, 6) is -0.304. The largest absolute Gasteiger partial charge is 0.462 e. The van der Waals surface area contributed by atoms with Crippen molar-refractivity contribution in [1.29, 1.82) is 0 Å². The molecule has 0 unspecified atom stereocenters. The fourth-order valence-electron chi connectivity index (χ4n) is 2.09. The maximum Gasteiger partial charge on any atom is 0.338 e. The van der Waals surface area contributed by atoms with Gasteiger partial charge >= 0.3 is 5.97 Å². The first kappa shape index (κ1) is 15.1. The second-order valence-electron chi connectivity index (χ2n) is 5.15. The molecule has 0 saturated heterocycles. The molecule has 0 spiro atoms. The number of benzene rings is 2. The molecule has 0 atom stereocenters. The van der Waals surface area contributed by atoms with Crippen LogP contribution in [0.5, 0.6) is 0 Å². The molecule has 110 valence electrons. The summed E-state index contributed by atoms with van der Waals surface area (Å²) >= 11 is 0. The predicted molar refractivity (Wildman–Crippen MR) is 85.3 cm³/mol. The van der Waals surface area contributed by atoms with E-state index in [2.05, 4.69) is 12.1 Å². The van der Waals surface area contributed by atoms with Crippen LogP contribution in [0.2, 0.25) is 0 Å². The van der Waals surface area contributed by atoms with Crippen molar-refractivity contribution in [2.75, 3.05) is 12.3 Å². The van der Waals surface area contributed by atoms with Crippen LogP contribution in [0.3, 0.4) is 0 Å². The molecule has 0 aromatic heterocycles. The number of aryl methyl sites for hydroxylation is 2. The maximum atomic E-state index is 11.9. The number of nitrogen functional groups attached to an aromatic ring is 1. The van der Waals surface area contributed by atoms with Crippen molar-refractivity contribution in [1.82, 2.24) is 0 Å². The molecule has 2 rings (SSSR count). The fraction of sp³-hybridized carbons (Fsp3) is 0.278. The van der Waals surface area contributed by atoms with E-state index in [9.17, 15) is 4.79 Å². The zero-order chi connectivity index (χ0) is 15.1. The lowest BCUT2D eigenvalue weighted by atomic mass is 10.1. The molecule has 0 radical (unpaired) electrons. The number of ether oxygens (including phenoxy) is 1. The van der Waals surface area contributed by atoms with Crippen molar-refractivity contribution in [3.8, 4) is 0 Å². The van der Waals surface area contributed by atoms with Gasteiger partial charge in [0, 0.05) is 5.69 Å². The molecule has 0 aliphatic heterocycles. The van der Waals surface area contributed by atoms with Gasteiger partial charge in [0.2, 0.25) is 0 Å². The van der Waals surface area contributed by atoms with E-state index in [1.165, 1.54) is 5.56 Å². The average Bonchev–Trinajstić information content (AvgIpc) is 2.50. The SMILES string of the molecule is Cc1ccc(C(=O)OCCCCc2ccccc2)cc1N. The van der Waals surface area contributed by atoms with Crippen molar-refractivity contribution in [3.05, 3.63) is 65.2 Å². The minimum Gasteiger partial charge on any atom is -0.462 e. The molecule has 0 aliphatic carbocycles. The van der Waals surface area contributed by atoms with Gasteiger partial charge in [0.05, 0.1) is 12.2 Å². The second-order valence-corrected chi connectivity index (χ2v) is 5.15. The number of rotatable bonds is 6. The van der Waals surface area contributed by atoms with E-state index in [4.69, 9.17) is 10.5 Å². The lowest BCUT2D eigenvalue weighted by Gasteiger charge is -2.07. The Bertz CT molecular complexity index is 593. The summed E-state index contributed by atoms with van der Waals surface area (Å²) in [4.78, 5) is 11.9. The molecular weight excluding hydrogens is 262 g/mol. The highest BCUT2D eigenvalue weighted by atomic mass is 16.5. The molecule has 3 heteroatoms. The highest BCUT2D eigenvalue weighted by molar-refractivity contribution is 5.90. The second kappa shape index (κ2) is 7.48. The number of carbonyl (C=O) groups excluding carboxylic acids is 1. The van der Waals surface area contributed by atoms with Crippen LogP contribution in [0.15, 0.2) is 48.5 Å². The maximum absolute atomic E-state index is 11.9. The molecule has 0 aliphatic rings. The van der Waals surface area contributed by atoms with Gasteiger partial charge in [0.15, 0.2) is 0 Å². The number of esters is 1. The lowest BCUT2D eigenvalue weighted by molar-refractivity contribution is 0.0498. The topological polar surface area (TPSA) is 52.3 Å². The van der Waals surface area contributed by atoms with Crippen molar-refractivity contribution < 1.29 is 9.53 Å². The molecule has 0 saturated carbocycles. The van der Waals surface area contributed by atoms with Crippen LogP contribution >= 0.6 is 0 Å². The highest BCUT2D eigenvalue weighted by Gasteiger charge is 2.08. The van der Waals surface area contributed by atoms with Crippen LogP contribution in [0, 0.1) is 6.92 Å². The number of unbranched alkanes of at least 4 members (excludes halogenated alkanes) is 1. The van der Waals surface area contributed by atoms with Gasteiger partial charge in [0.1, 0.15) is 0 Å². The molecule has 0 fully saturated rings. The fourth-order valence-corrected chi connectivity index (χ4v) is 2.09. The summed E-state index contributed by atoms with van der Waals surface area (Å²) in [6.45, 7) is 2.35. The lowest BCUT2D eigenvalue weighted by Crippen LogP contribution is -2.07. The van der Waals surface area contributed by atoms with Crippen molar-refractivity contribution in [3.63, 3.8) is 0 Å². The summed E-state index contributed by atoms with van der Waals surface area (Å²) in [5.41, 5.74) is 9.21. The molecular formula is C18H21NO2. The Morgan fingerprint density at radius 2 is 1.86 bits per heavy atom. The Morgan fingerprint density at radius 1 is 1.10 bits per heavy atom. The first-order valence-electron chi connectivity index (χ1n) is 7.24.